The summed E-state index contributed by atoms with van der Waals surface area (Å²) in [6.45, 7) is 7.14. The van der Waals surface area contributed by atoms with Crippen LogP contribution in [-0.2, 0) is 6.42 Å². The van der Waals surface area contributed by atoms with Crippen LogP contribution in [0.1, 0.15) is 33.3 Å². The summed E-state index contributed by atoms with van der Waals surface area (Å²) in [5, 5.41) is 19.4. The van der Waals surface area contributed by atoms with E-state index >= 15 is 0 Å². The SMILES string of the molecule is C[C@@H](O)[C@H](Cc1ccccc1)N(C(=O)O)C(C)(C)C. The van der Waals surface area contributed by atoms with E-state index in [2.05, 4.69) is 0 Å². The summed E-state index contributed by atoms with van der Waals surface area (Å²) in [7, 11) is 0. The average Bonchev–Trinajstić information content (AvgIpc) is 2.27. The first-order valence-corrected chi connectivity index (χ1v) is 6.47. The van der Waals surface area contributed by atoms with Crippen molar-refractivity contribution in [1.29, 1.82) is 0 Å². The van der Waals surface area contributed by atoms with E-state index in [1.807, 2.05) is 51.1 Å². The third-order valence-corrected chi connectivity index (χ3v) is 3.10. The Morgan fingerprint density at radius 2 is 1.79 bits per heavy atom. The number of carbonyl (C=O) groups is 1. The molecule has 2 N–H and O–H groups in total. The van der Waals surface area contributed by atoms with Crippen LogP contribution < -0.4 is 0 Å². The normalized spacial score (nSPS) is 14.8. The fourth-order valence-corrected chi connectivity index (χ4v) is 2.26. The molecule has 1 aromatic rings. The Kier molecular flexibility index (Phi) is 4.95. The summed E-state index contributed by atoms with van der Waals surface area (Å²) < 4.78 is 0. The van der Waals surface area contributed by atoms with Gasteiger partial charge in [0.05, 0.1) is 12.1 Å². The number of nitrogens with zero attached hydrogens (tertiary/aromatic N) is 1. The maximum Gasteiger partial charge on any atom is 0.408 e. The Hall–Kier alpha value is -1.55. The van der Waals surface area contributed by atoms with Gasteiger partial charge in [-0.05, 0) is 39.7 Å². The molecule has 0 heterocycles. The Labute approximate surface area is 114 Å². The minimum absolute atomic E-state index is 0.458. The van der Waals surface area contributed by atoms with Crippen LogP contribution in [0.3, 0.4) is 0 Å². The number of hydrogen-bond acceptors (Lipinski definition) is 2. The van der Waals surface area contributed by atoms with Gasteiger partial charge in [-0.3, -0.25) is 4.90 Å². The summed E-state index contributed by atoms with van der Waals surface area (Å²) in [6, 6.07) is 9.17. The van der Waals surface area contributed by atoms with Gasteiger partial charge < -0.3 is 10.2 Å². The van der Waals surface area contributed by atoms with Crippen LogP contribution in [0.2, 0.25) is 0 Å². The fourth-order valence-electron chi connectivity index (χ4n) is 2.26. The lowest BCUT2D eigenvalue weighted by atomic mass is 9.95. The fraction of sp³-hybridized carbons (Fsp3) is 0.533. The van der Waals surface area contributed by atoms with Gasteiger partial charge in [0.15, 0.2) is 0 Å². The largest absolute Gasteiger partial charge is 0.465 e. The molecule has 4 nitrogen and oxygen atoms in total. The third kappa shape index (κ3) is 4.24. The minimum Gasteiger partial charge on any atom is -0.465 e. The van der Waals surface area contributed by atoms with Gasteiger partial charge in [-0.1, -0.05) is 30.3 Å². The van der Waals surface area contributed by atoms with E-state index in [0.29, 0.717) is 6.42 Å². The molecule has 0 radical (unpaired) electrons. The van der Waals surface area contributed by atoms with Crippen LogP contribution in [0.4, 0.5) is 4.79 Å². The molecule has 1 amide bonds. The Balaban J connectivity index is 3.02. The number of aliphatic hydroxyl groups excluding tert-OH is 1. The van der Waals surface area contributed by atoms with Crippen molar-refractivity contribution in [2.75, 3.05) is 0 Å². The maximum atomic E-state index is 11.5. The van der Waals surface area contributed by atoms with E-state index in [1.165, 1.54) is 4.90 Å². The summed E-state index contributed by atoms with van der Waals surface area (Å²) >= 11 is 0. The van der Waals surface area contributed by atoms with E-state index in [4.69, 9.17) is 0 Å². The highest BCUT2D eigenvalue weighted by atomic mass is 16.4. The molecule has 2 atom stereocenters. The second kappa shape index (κ2) is 6.06. The highest BCUT2D eigenvalue weighted by Crippen LogP contribution is 2.22. The zero-order valence-corrected chi connectivity index (χ0v) is 12.0. The second-order valence-corrected chi connectivity index (χ2v) is 5.82. The molecule has 0 aliphatic rings. The van der Waals surface area contributed by atoms with Crippen molar-refractivity contribution < 1.29 is 15.0 Å². The average molecular weight is 265 g/mol. The smallest absolute Gasteiger partial charge is 0.408 e. The standard InChI is InChI=1S/C15H23NO3/c1-11(17)13(10-12-8-6-5-7-9-12)16(14(18)19)15(2,3)4/h5-9,11,13,17H,10H2,1-4H3,(H,18,19)/t11-,13+/m1/s1. The molecule has 4 heteroatoms. The van der Waals surface area contributed by atoms with Gasteiger partial charge in [-0.25, -0.2) is 4.79 Å². The van der Waals surface area contributed by atoms with Crippen LogP contribution in [-0.4, -0.2) is 38.9 Å². The van der Waals surface area contributed by atoms with E-state index in [1.54, 1.807) is 6.92 Å². The van der Waals surface area contributed by atoms with Crippen molar-refractivity contribution in [3.63, 3.8) is 0 Å². The predicted molar refractivity (Wildman–Crippen MR) is 75.2 cm³/mol. The van der Waals surface area contributed by atoms with Crippen LogP contribution in [0.5, 0.6) is 0 Å². The Morgan fingerprint density at radius 1 is 1.26 bits per heavy atom. The highest BCUT2D eigenvalue weighted by Gasteiger charge is 2.35. The van der Waals surface area contributed by atoms with Gasteiger partial charge in [0.25, 0.3) is 0 Å². The lowest BCUT2D eigenvalue weighted by molar-refractivity contribution is 0.0145. The predicted octanol–water partition coefficient (Wildman–Crippen LogP) is 2.76. The van der Waals surface area contributed by atoms with Gasteiger partial charge >= 0.3 is 6.09 Å². The van der Waals surface area contributed by atoms with Gasteiger partial charge in [0, 0.05) is 5.54 Å². The van der Waals surface area contributed by atoms with Crippen molar-refractivity contribution in [2.45, 2.75) is 51.8 Å². The number of amides is 1. The molecule has 0 aromatic heterocycles. The van der Waals surface area contributed by atoms with Crippen LogP contribution in [0, 0.1) is 0 Å². The topological polar surface area (TPSA) is 60.8 Å². The number of aliphatic hydroxyl groups is 1. The Bertz CT molecular complexity index is 409. The van der Waals surface area contributed by atoms with Crippen molar-refractivity contribution >= 4 is 6.09 Å². The zero-order chi connectivity index (χ0) is 14.6. The van der Waals surface area contributed by atoms with Gasteiger partial charge in [0.1, 0.15) is 0 Å². The van der Waals surface area contributed by atoms with Crippen LogP contribution in [0.15, 0.2) is 30.3 Å². The molecule has 106 valence electrons. The van der Waals surface area contributed by atoms with E-state index < -0.39 is 23.8 Å². The minimum atomic E-state index is -1.01. The molecule has 1 aromatic carbocycles. The molecular formula is C15H23NO3. The molecule has 0 aliphatic carbocycles. The van der Waals surface area contributed by atoms with E-state index in [9.17, 15) is 15.0 Å². The van der Waals surface area contributed by atoms with Gasteiger partial charge in [0.2, 0.25) is 0 Å². The zero-order valence-electron chi connectivity index (χ0n) is 12.0. The molecule has 1 rings (SSSR count). The lowest BCUT2D eigenvalue weighted by Crippen LogP contribution is -2.55. The monoisotopic (exact) mass is 265 g/mol. The van der Waals surface area contributed by atoms with Gasteiger partial charge in [-0.2, -0.15) is 0 Å². The third-order valence-electron chi connectivity index (χ3n) is 3.10. The van der Waals surface area contributed by atoms with Crippen molar-refractivity contribution in [2.24, 2.45) is 0 Å². The summed E-state index contributed by atoms with van der Waals surface area (Å²) in [6.07, 6.45) is -1.23. The molecule has 0 saturated carbocycles. The van der Waals surface area contributed by atoms with Gasteiger partial charge in [-0.15, -0.1) is 0 Å². The molecule has 0 spiro atoms. The lowest BCUT2D eigenvalue weighted by Gasteiger charge is -2.41. The molecule has 0 bridgehead atoms. The molecule has 0 saturated heterocycles. The first-order chi connectivity index (χ1) is 8.73. The molecule has 19 heavy (non-hydrogen) atoms. The summed E-state index contributed by atoms with van der Waals surface area (Å²) in [5.74, 6) is 0. The van der Waals surface area contributed by atoms with Crippen LogP contribution in [0.25, 0.3) is 0 Å². The van der Waals surface area contributed by atoms with Crippen molar-refractivity contribution in [1.82, 2.24) is 4.90 Å². The van der Waals surface area contributed by atoms with Crippen molar-refractivity contribution in [3.05, 3.63) is 35.9 Å². The first-order valence-electron chi connectivity index (χ1n) is 6.47. The highest BCUT2D eigenvalue weighted by molar-refractivity contribution is 5.66. The quantitative estimate of drug-likeness (QED) is 0.880. The molecular weight excluding hydrogens is 242 g/mol. The van der Waals surface area contributed by atoms with E-state index in [-0.39, 0.29) is 0 Å². The molecule has 0 unspecified atom stereocenters. The first kappa shape index (κ1) is 15.5. The molecule has 0 fully saturated rings. The number of rotatable bonds is 4. The molecule has 0 aliphatic heterocycles. The summed E-state index contributed by atoms with van der Waals surface area (Å²) in [5.41, 5.74) is 0.464. The second-order valence-electron chi connectivity index (χ2n) is 5.82. The van der Waals surface area contributed by atoms with Crippen LogP contribution >= 0.6 is 0 Å². The number of carboxylic acid groups (broad SMARTS) is 1. The van der Waals surface area contributed by atoms with E-state index in [0.717, 1.165) is 5.56 Å². The number of benzene rings is 1. The number of hydrogen-bond donors (Lipinski definition) is 2. The maximum absolute atomic E-state index is 11.5. The summed E-state index contributed by atoms with van der Waals surface area (Å²) in [4.78, 5) is 12.8. The van der Waals surface area contributed by atoms with Crippen molar-refractivity contribution in [3.8, 4) is 0 Å². The Morgan fingerprint density at radius 3 is 2.16 bits per heavy atom.